The van der Waals surface area contributed by atoms with E-state index in [0.717, 1.165) is 39.3 Å². The number of hydrogen-bond acceptors (Lipinski definition) is 4. The van der Waals surface area contributed by atoms with Crippen LogP contribution in [0.5, 0.6) is 0 Å². The van der Waals surface area contributed by atoms with E-state index in [4.69, 9.17) is 4.74 Å². The molecule has 1 atom stereocenters. The van der Waals surface area contributed by atoms with Crippen molar-refractivity contribution in [3.8, 4) is 0 Å². The van der Waals surface area contributed by atoms with E-state index in [0.29, 0.717) is 6.04 Å². The van der Waals surface area contributed by atoms with Gasteiger partial charge in [-0.1, -0.05) is 0 Å². The molecule has 0 aromatic rings. The molecule has 1 amide bonds. The van der Waals surface area contributed by atoms with Gasteiger partial charge in [0, 0.05) is 32.2 Å². The van der Waals surface area contributed by atoms with E-state index in [1.807, 2.05) is 25.7 Å². The van der Waals surface area contributed by atoms with E-state index < -0.39 is 5.60 Å². The van der Waals surface area contributed by atoms with Gasteiger partial charge in [-0.3, -0.25) is 4.90 Å². The predicted octanol–water partition coefficient (Wildman–Crippen LogP) is 1.68. The molecule has 2 fully saturated rings. The van der Waals surface area contributed by atoms with Crippen molar-refractivity contribution in [1.29, 1.82) is 0 Å². The zero-order chi connectivity index (χ0) is 14.6. The summed E-state index contributed by atoms with van der Waals surface area (Å²) in [5.41, 5.74) is -0.402. The molecule has 1 N–H and O–H groups in total. The van der Waals surface area contributed by atoms with E-state index in [-0.39, 0.29) is 6.09 Å². The number of nitrogens with zero attached hydrogens (tertiary/aromatic N) is 2. The first-order valence-corrected chi connectivity index (χ1v) is 7.88. The lowest BCUT2D eigenvalue weighted by Gasteiger charge is -2.39. The third-order valence-electron chi connectivity index (χ3n) is 4.03. The van der Waals surface area contributed by atoms with Crippen LogP contribution in [0, 0.1) is 0 Å². The van der Waals surface area contributed by atoms with E-state index >= 15 is 0 Å². The average molecular weight is 283 g/mol. The lowest BCUT2D eigenvalue weighted by atomic mass is 10.1. The minimum atomic E-state index is -0.402. The molecule has 0 aromatic heterocycles. The highest BCUT2D eigenvalue weighted by Crippen LogP contribution is 2.17. The highest BCUT2D eigenvalue weighted by atomic mass is 16.6. The first-order chi connectivity index (χ1) is 9.46. The fraction of sp³-hybridized carbons (Fsp3) is 0.933. The van der Waals surface area contributed by atoms with Gasteiger partial charge in [-0.2, -0.15) is 0 Å². The molecule has 0 aliphatic carbocycles. The van der Waals surface area contributed by atoms with Gasteiger partial charge < -0.3 is 15.0 Å². The molecule has 2 heterocycles. The van der Waals surface area contributed by atoms with Crippen LogP contribution in [0.25, 0.3) is 0 Å². The minimum absolute atomic E-state index is 0.167. The van der Waals surface area contributed by atoms with E-state index in [2.05, 4.69) is 10.2 Å². The molecule has 2 aliphatic heterocycles. The average Bonchev–Trinajstić information content (AvgIpc) is 2.66. The molecule has 2 aliphatic rings. The van der Waals surface area contributed by atoms with Crippen LogP contribution in [0.2, 0.25) is 0 Å². The van der Waals surface area contributed by atoms with E-state index in [1.54, 1.807) is 0 Å². The Bertz CT molecular complexity index is 312. The molecular formula is C15H29N3O2. The summed E-state index contributed by atoms with van der Waals surface area (Å²) in [5.74, 6) is 0. The Morgan fingerprint density at radius 1 is 1.10 bits per heavy atom. The zero-order valence-corrected chi connectivity index (χ0v) is 13.2. The molecule has 0 aromatic carbocycles. The predicted molar refractivity (Wildman–Crippen MR) is 79.9 cm³/mol. The van der Waals surface area contributed by atoms with Crippen LogP contribution >= 0.6 is 0 Å². The van der Waals surface area contributed by atoms with Gasteiger partial charge in [0.2, 0.25) is 0 Å². The van der Waals surface area contributed by atoms with Crippen LogP contribution in [0.1, 0.15) is 40.0 Å². The number of ether oxygens (including phenoxy) is 1. The van der Waals surface area contributed by atoms with Crippen molar-refractivity contribution >= 4 is 6.09 Å². The van der Waals surface area contributed by atoms with Gasteiger partial charge in [0.1, 0.15) is 5.60 Å². The molecule has 5 nitrogen and oxygen atoms in total. The van der Waals surface area contributed by atoms with Crippen LogP contribution in [-0.4, -0.2) is 66.8 Å². The van der Waals surface area contributed by atoms with Gasteiger partial charge in [-0.25, -0.2) is 4.79 Å². The van der Waals surface area contributed by atoms with E-state index in [1.165, 1.54) is 19.3 Å². The first-order valence-electron chi connectivity index (χ1n) is 7.88. The Balaban J connectivity index is 1.78. The van der Waals surface area contributed by atoms with Crippen LogP contribution in [0.15, 0.2) is 0 Å². The summed E-state index contributed by atoms with van der Waals surface area (Å²) in [7, 11) is 0. The van der Waals surface area contributed by atoms with Crippen LogP contribution in [-0.2, 0) is 4.74 Å². The largest absolute Gasteiger partial charge is 0.444 e. The highest BCUT2D eigenvalue weighted by molar-refractivity contribution is 5.68. The summed E-state index contributed by atoms with van der Waals surface area (Å²) < 4.78 is 5.44. The van der Waals surface area contributed by atoms with Crippen molar-refractivity contribution in [3.63, 3.8) is 0 Å². The molecule has 0 saturated carbocycles. The van der Waals surface area contributed by atoms with Gasteiger partial charge in [0.05, 0.1) is 0 Å². The molecule has 2 rings (SSSR count). The molecule has 5 heteroatoms. The second-order valence-corrected chi connectivity index (χ2v) is 6.84. The fourth-order valence-electron chi connectivity index (χ4n) is 2.96. The second kappa shape index (κ2) is 6.76. The van der Waals surface area contributed by atoms with Gasteiger partial charge in [0.15, 0.2) is 0 Å². The summed E-state index contributed by atoms with van der Waals surface area (Å²) >= 11 is 0. The molecule has 0 radical (unpaired) electrons. The number of hydrogen-bond donors (Lipinski definition) is 1. The van der Waals surface area contributed by atoms with Crippen LogP contribution in [0.3, 0.4) is 0 Å². The lowest BCUT2D eigenvalue weighted by Crippen LogP contribution is -2.53. The zero-order valence-electron chi connectivity index (χ0n) is 13.2. The first kappa shape index (κ1) is 15.6. The van der Waals surface area contributed by atoms with Crippen molar-refractivity contribution in [2.24, 2.45) is 0 Å². The molecule has 20 heavy (non-hydrogen) atoms. The Hall–Kier alpha value is -0.810. The summed E-state index contributed by atoms with van der Waals surface area (Å²) in [5, 5.41) is 3.46. The van der Waals surface area contributed by atoms with Crippen molar-refractivity contribution in [3.05, 3.63) is 0 Å². The van der Waals surface area contributed by atoms with Gasteiger partial charge in [-0.15, -0.1) is 0 Å². The Labute approximate surface area is 122 Å². The maximum absolute atomic E-state index is 12.0. The van der Waals surface area contributed by atoms with Crippen molar-refractivity contribution in [1.82, 2.24) is 15.1 Å². The molecule has 0 spiro atoms. The Morgan fingerprint density at radius 3 is 2.45 bits per heavy atom. The maximum atomic E-state index is 12.0. The maximum Gasteiger partial charge on any atom is 0.410 e. The quantitative estimate of drug-likeness (QED) is 0.795. The molecule has 116 valence electrons. The topological polar surface area (TPSA) is 44.8 Å². The number of amides is 1. The number of nitrogens with one attached hydrogen (secondary N) is 1. The summed E-state index contributed by atoms with van der Waals surface area (Å²) in [6, 6.07) is 0.686. The molecule has 2 saturated heterocycles. The second-order valence-electron chi connectivity index (χ2n) is 6.84. The summed E-state index contributed by atoms with van der Waals surface area (Å²) in [6.07, 6.45) is 3.60. The number of piperazine rings is 1. The number of rotatable bonds is 1. The molecule has 0 bridgehead atoms. The molecular weight excluding hydrogens is 254 g/mol. The summed E-state index contributed by atoms with van der Waals surface area (Å²) in [6.45, 7) is 11.6. The lowest BCUT2D eigenvalue weighted by molar-refractivity contribution is 0.00968. The SMILES string of the molecule is CC(C)(C)OC(=O)N1CCN(C2CCCNCC2)CC1. The number of carbonyl (C=O) groups excluding carboxylic acids is 1. The Morgan fingerprint density at radius 2 is 1.80 bits per heavy atom. The third kappa shape index (κ3) is 4.63. The van der Waals surface area contributed by atoms with Gasteiger partial charge in [0.25, 0.3) is 0 Å². The monoisotopic (exact) mass is 283 g/mol. The van der Waals surface area contributed by atoms with E-state index in [9.17, 15) is 4.79 Å². The van der Waals surface area contributed by atoms with Gasteiger partial charge >= 0.3 is 6.09 Å². The van der Waals surface area contributed by atoms with Crippen molar-refractivity contribution in [2.45, 2.75) is 51.7 Å². The van der Waals surface area contributed by atoms with Crippen LogP contribution < -0.4 is 5.32 Å². The third-order valence-corrected chi connectivity index (χ3v) is 4.03. The normalized spacial score (nSPS) is 26.1. The van der Waals surface area contributed by atoms with Crippen molar-refractivity contribution < 1.29 is 9.53 Å². The smallest absolute Gasteiger partial charge is 0.410 e. The number of carbonyl (C=O) groups is 1. The standard InChI is InChI=1S/C15H29N3O2/c1-15(2,3)20-14(19)18-11-9-17(10-12-18)13-5-4-7-16-8-6-13/h13,16H,4-12H2,1-3H3. The van der Waals surface area contributed by atoms with Gasteiger partial charge in [-0.05, 0) is 53.1 Å². The summed E-state index contributed by atoms with van der Waals surface area (Å²) in [4.78, 5) is 16.4. The van der Waals surface area contributed by atoms with Crippen LogP contribution in [0.4, 0.5) is 4.79 Å². The highest BCUT2D eigenvalue weighted by Gasteiger charge is 2.28. The fourth-order valence-corrected chi connectivity index (χ4v) is 2.96. The minimum Gasteiger partial charge on any atom is -0.444 e. The van der Waals surface area contributed by atoms with Crippen molar-refractivity contribution in [2.75, 3.05) is 39.3 Å². The molecule has 1 unspecified atom stereocenters. The Kier molecular flexibility index (Phi) is 5.27.